The molecule has 2 N–H and O–H groups in total. The molecular formula is C35H46N4OS. The number of rotatable bonds is 17. The summed E-state index contributed by atoms with van der Waals surface area (Å²) >= 11 is 1.65. The van der Waals surface area contributed by atoms with Gasteiger partial charge in [-0.05, 0) is 80.5 Å². The van der Waals surface area contributed by atoms with Crippen molar-refractivity contribution in [3.05, 3.63) is 101 Å². The monoisotopic (exact) mass is 570 g/mol. The van der Waals surface area contributed by atoms with Crippen LogP contribution in [0.15, 0.2) is 84.4 Å². The molecule has 0 saturated heterocycles. The second kappa shape index (κ2) is 18.1. The first-order valence-electron chi connectivity index (χ1n) is 14.5. The van der Waals surface area contributed by atoms with Crippen LogP contribution in [-0.2, 0) is 0 Å². The van der Waals surface area contributed by atoms with Crippen molar-refractivity contribution >= 4 is 22.9 Å². The molecular weight excluding hydrogens is 524 g/mol. The third-order valence-corrected chi connectivity index (χ3v) is 7.80. The zero-order chi connectivity index (χ0) is 30.2. The fraction of sp³-hybridized carbons (Fsp3) is 0.400. The molecule has 0 radical (unpaired) electrons. The third-order valence-electron chi connectivity index (χ3n) is 6.73. The van der Waals surface area contributed by atoms with Crippen LogP contribution in [0.1, 0.15) is 90.0 Å². The van der Waals surface area contributed by atoms with Gasteiger partial charge < -0.3 is 10.5 Å². The van der Waals surface area contributed by atoms with Gasteiger partial charge in [0.05, 0.1) is 23.5 Å². The van der Waals surface area contributed by atoms with Crippen LogP contribution in [0.25, 0.3) is 11.1 Å². The Hall–Kier alpha value is -3.40. The maximum atomic E-state index is 9.62. The molecule has 2 rings (SSSR count). The number of hydrogen-bond acceptors (Lipinski definition) is 6. The van der Waals surface area contributed by atoms with Gasteiger partial charge in [0, 0.05) is 23.2 Å². The van der Waals surface area contributed by atoms with Gasteiger partial charge in [0.15, 0.2) is 5.09 Å². The Morgan fingerprint density at radius 3 is 2.56 bits per heavy atom. The molecule has 0 fully saturated rings. The SMILES string of the molecule is C=C(/C=C(/Oc1cc(C#N)ccc1C(=C)CC/C(C)=C\C(=C/C(C)CC)CCN)S[C@H](C)CCC)c1cnccn1. The van der Waals surface area contributed by atoms with Crippen molar-refractivity contribution in [1.29, 1.82) is 5.26 Å². The standard InChI is InChI=1S/C35H46N4OS/c1-8-10-29(7)41-35(21-28(6)33-24-38-17-18-39-33)40-34-22-31(23-37)13-14-32(34)27(5)12-11-26(4)20-30(15-16-36)19-25(3)9-2/h13-14,17-22,24-25,29H,5-6,8-12,15-16,36H2,1-4,7H3/b26-20-,30-19-,35-21-/t25?,29-/m1/s1. The van der Waals surface area contributed by atoms with Crippen molar-refractivity contribution in [1.82, 2.24) is 9.97 Å². The average Bonchev–Trinajstić information content (AvgIpc) is 2.96. The fourth-order valence-corrected chi connectivity index (χ4v) is 5.33. The Balaban J connectivity index is 2.34. The van der Waals surface area contributed by atoms with Crippen LogP contribution in [0.2, 0.25) is 0 Å². The van der Waals surface area contributed by atoms with Gasteiger partial charge in [0.1, 0.15) is 5.75 Å². The first-order chi connectivity index (χ1) is 19.7. The lowest BCUT2D eigenvalue weighted by Gasteiger charge is -2.18. The van der Waals surface area contributed by atoms with Crippen LogP contribution in [0.4, 0.5) is 0 Å². The molecule has 1 aromatic carbocycles. The van der Waals surface area contributed by atoms with Gasteiger partial charge >= 0.3 is 0 Å². The fourth-order valence-electron chi connectivity index (χ4n) is 4.23. The van der Waals surface area contributed by atoms with Gasteiger partial charge in [-0.3, -0.25) is 9.97 Å². The molecule has 0 saturated carbocycles. The maximum absolute atomic E-state index is 9.62. The molecule has 0 aliphatic heterocycles. The number of hydrogen-bond donors (Lipinski definition) is 1. The van der Waals surface area contributed by atoms with Gasteiger partial charge in [0.2, 0.25) is 0 Å². The van der Waals surface area contributed by atoms with E-state index >= 15 is 0 Å². The largest absolute Gasteiger partial charge is 0.450 e. The summed E-state index contributed by atoms with van der Waals surface area (Å²) in [6, 6.07) is 7.79. The van der Waals surface area contributed by atoms with E-state index in [9.17, 15) is 5.26 Å². The van der Waals surface area contributed by atoms with Gasteiger partial charge in [-0.1, -0.05) is 88.8 Å². The summed E-state index contributed by atoms with van der Waals surface area (Å²) in [7, 11) is 0. The quantitative estimate of drug-likeness (QED) is 0.151. The van der Waals surface area contributed by atoms with E-state index in [4.69, 9.17) is 10.5 Å². The highest BCUT2D eigenvalue weighted by Gasteiger charge is 2.15. The summed E-state index contributed by atoms with van der Waals surface area (Å²) in [6.45, 7) is 20.2. The highest BCUT2D eigenvalue weighted by atomic mass is 32.2. The molecule has 0 spiro atoms. The zero-order valence-corrected chi connectivity index (χ0v) is 26.3. The molecule has 1 unspecified atom stereocenters. The number of allylic oxidation sites excluding steroid dienone is 6. The Morgan fingerprint density at radius 2 is 1.93 bits per heavy atom. The minimum Gasteiger partial charge on any atom is -0.450 e. The summed E-state index contributed by atoms with van der Waals surface area (Å²) in [5.74, 6) is 1.14. The molecule has 0 aliphatic rings. The van der Waals surface area contributed by atoms with E-state index in [1.807, 2.05) is 18.2 Å². The minimum absolute atomic E-state index is 0.339. The number of nitriles is 1. The van der Waals surface area contributed by atoms with Crippen molar-refractivity contribution in [3.63, 3.8) is 0 Å². The topological polar surface area (TPSA) is 84.8 Å². The predicted octanol–water partition coefficient (Wildman–Crippen LogP) is 9.26. The summed E-state index contributed by atoms with van der Waals surface area (Å²) in [5, 5.41) is 10.7. The normalized spacial score (nSPS) is 13.8. The van der Waals surface area contributed by atoms with E-state index in [-0.39, 0.29) is 0 Å². The van der Waals surface area contributed by atoms with Crippen molar-refractivity contribution in [2.75, 3.05) is 6.54 Å². The highest BCUT2D eigenvalue weighted by Crippen LogP contribution is 2.36. The van der Waals surface area contributed by atoms with Crippen LogP contribution < -0.4 is 10.5 Å². The lowest BCUT2D eigenvalue weighted by Crippen LogP contribution is -2.03. The minimum atomic E-state index is 0.339. The maximum Gasteiger partial charge on any atom is 0.161 e. The van der Waals surface area contributed by atoms with Crippen molar-refractivity contribution in [2.24, 2.45) is 11.7 Å². The zero-order valence-electron chi connectivity index (χ0n) is 25.5. The Kier molecular flexibility index (Phi) is 14.9. The highest BCUT2D eigenvalue weighted by molar-refractivity contribution is 8.03. The molecule has 1 heterocycles. The van der Waals surface area contributed by atoms with Crippen molar-refractivity contribution in [2.45, 2.75) is 78.4 Å². The molecule has 41 heavy (non-hydrogen) atoms. The summed E-state index contributed by atoms with van der Waals surface area (Å²) in [4.78, 5) is 8.54. The molecule has 5 nitrogen and oxygen atoms in total. The molecule has 6 heteroatoms. The number of aromatic nitrogens is 2. The van der Waals surface area contributed by atoms with Gasteiger partial charge in [0.25, 0.3) is 0 Å². The van der Waals surface area contributed by atoms with Crippen LogP contribution in [0, 0.1) is 17.2 Å². The van der Waals surface area contributed by atoms with Gasteiger partial charge in [-0.2, -0.15) is 5.26 Å². The number of nitrogens with zero attached hydrogens (tertiary/aromatic N) is 3. The van der Waals surface area contributed by atoms with Crippen LogP contribution in [0.3, 0.4) is 0 Å². The molecule has 2 aromatic rings. The first-order valence-corrected chi connectivity index (χ1v) is 15.4. The van der Waals surface area contributed by atoms with Crippen LogP contribution in [-0.4, -0.2) is 21.8 Å². The smallest absolute Gasteiger partial charge is 0.161 e. The van der Waals surface area contributed by atoms with Crippen molar-refractivity contribution in [3.8, 4) is 11.8 Å². The molecule has 0 bridgehead atoms. The van der Waals surface area contributed by atoms with E-state index in [1.165, 1.54) is 11.1 Å². The molecule has 0 aliphatic carbocycles. The second-order valence-corrected chi connectivity index (χ2v) is 11.9. The number of thioether (sulfide) groups is 1. The summed E-state index contributed by atoms with van der Waals surface area (Å²) in [5.41, 5.74) is 12.2. The van der Waals surface area contributed by atoms with Crippen LogP contribution in [0.5, 0.6) is 5.75 Å². The first kappa shape index (κ1) is 33.8. The lowest BCUT2D eigenvalue weighted by molar-refractivity contribution is 0.463. The summed E-state index contributed by atoms with van der Waals surface area (Å²) in [6.07, 6.45) is 17.2. The van der Waals surface area contributed by atoms with E-state index in [0.717, 1.165) is 49.7 Å². The number of ether oxygens (including phenoxy) is 1. The van der Waals surface area contributed by atoms with Crippen molar-refractivity contribution < 1.29 is 4.74 Å². The third kappa shape index (κ3) is 11.9. The van der Waals surface area contributed by atoms with Gasteiger partial charge in [-0.15, -0.1) is 0 Å². The second-order valence-electron chi connectivity index (χ2n) is 10.5. The molecule has 1 aromatic heterocycles. The Bertz CT molecular complexity index is 1290. The average molecular weight is 571 g/mol. The van der Waals surface area contributed by atoms with E-state index in [0.29, 0.717) is 45.4 Å². The Morgan fingerprint density at radius 1 is 1.15 bits per heavy atom. The predicted molar refractivity (Wildman–Crippen MR) is 176 cm³/mol. The van der Waals surface area contributed by atoms with Gasteiger partial charge in [-0.25, -0.2) is 0 Å². The number of benzene rings is 1. The Labute approximate surface area is 252 Å². The van der Waals surface area contributed by atoms with E-state index in [2.05, 4.69) is 76.0 Å². The summed E-state index contributed by atoms with van der Waals surface area (Å²) < 4.78 is 6.54. The molecule has 0 amide bonds. The molecule has 2 atom stereocenters. The molecule has 218 valence electrons. The van der Waals surface area contributed by atoms with E-state index in [1.54, 1.807) is 36.4 Å². The lowest BCUT2D eigenvalue weighted by atomic mass is 9.96. The van der Waals surface area contributed by atoms with E-state index < -0.39 is 0 Å². The number of nitrogens with two attached hydrogens (primary N) is 1. The van der Waals surface area contributed by atoms with Crippen LogP contribution >= 0.6 is 11.8 Å².